The molecule has 0 aliphatic carbocycles. The average molecular weight is 336 g/mol. The number of benzene rings is 1. The highest BCUT2D eigenvalue weighted by Crippen LogP contribution is 2.30. The Morgan fingerprint density at radius 3 is 2.92 bits per heavy atom. The van der Waals surface area contributed by atoms with Gasteiger partial charge in [0.15, 0.2) is 11.4 Å². The third-order valence-corrected chi connectivity index (χ3v) is 3.92. The first-order chi connectivity index (χ1) is 12.2. The molecule has 7 nitrogen and oxygen atoms in total. The van der Waals surface area contributed by atoms with Crippen LogP contribution in [0.2, 0.25) is 0 Å². The third kappa shape index (κ3) is 2.91. The van der Waals surface area contributed by atoms with Crippen molar-refractivity contribution >= 4 is 33.8 Å². The zero-order valence-electron chi connectivity index (χ0n) is 13.5. The number of furan rings is 2. The summed E-state index contributed by atoms with van der Waals surface area (Å²) in [4.78, 5) is 20.8. The highest BCUT2D eigenvalue weighted by atomic mass is 16.3. The molecule has 4 aromatic rings. The lowest BCUT2D eigenvalue weighted by Gasteiger charge is -2.14. The number of para-hydroxylation sites is 1. The smallest absolute Gasteiger partial charge is 0.242 e. The van der Waals surface area contributed by atoms with E-state index in [0.717, 1.165) is 16.5 Å². The van der Waals surface area contributed by atoms with Crippen molar-refractivity contribution in [3.05, 3.63) is 54.7 Å². The predicted molar refractivity (Wildman–Crippen MR) is 92.9 cm³/mol. The maximum absolute atomic E-state index is 12.3. The van der Waals surface area contributed by atoms with Crippen molar-refractivity contribution in [1.29, 1.82) is 0 Å². The number of amides is 1. The Morgan fingerprint density at radius 1 is 1.20 bits per heavy atom. The molecule has 0 spiro atoms. The maximum Gasteiger partial charge on any atom is 0.242 e. The molecule has 7 heteroatoms. The van der Waals surface area contributed by atoms with Crippen LogP contribution >= 0.6 is 0 Å². The van der Waals surface area contributed by atoms with Gasteiger partial charge in [0.25, 0.3) is 0 Å². The molecule has 25 heavy (non-hydrogen) atoms. The number of anilines is 1. The Labute approximate surface area is 143 Å². The van der Waals surface area contributed by atoms with Gasteiger partial charge in [0.2, 0.25) is 5.91 Å². The molecule has 0 aliphatic rings. The molecule has 0 saturated heterocycles. The summed E-state index contributed by atoms with van der Waals surface area (Å²) < 4.78 is 11.1. The highest BCUT2D eigenvalue weighted by molar-refractivity contribution is 6.05. The maximum atomic E-state index is 12.3. The summed E-state index contributed by atoms with van der Waals surface area (Å²) in [7, 11) is 0. The highest BCUT2D eigenvalue weighted by Gasteiger charge is 2.18. The van der Waals surface area contributed by atoms with Crippen LogP contribution in [-0.2, 0) is 11.3 Å². The van der Waals surface area contributed by atoms with Gasteiger partial charge in [-0.1, -0.05) is 12.1 Å². The Hall–Kier alpha value is -3.35. The van der Waals surface area contributed by atoms with Crippen LogP contribution in [0.1, 0.15) is 12.7 Å². The summed E-state index contributed by atoms with van der Waals surface area (Å²) in [6, 6.07) is 10.7. The number of carbonyl (C=O) groups is 1. The van der Waals surface area contributed by atoms with E-state index in [4.69, 9.17) is 8.83 Å². The molecule has 0 saturated carbocycles. The quantitative estimate of drug-likeness (QED) is 0.582. The molecule has 3 aromatic heterocycles. The van der Waals surface area contributed by atoms with Gasteiger partial charge in [-0.2, -0.15) is 0 Å². The van der Waals surface area contributed by atoms with E-state index in [9.17, 15) is 4.79 Å². The largest absolute Gasteiger partial charge is 0.467 e. The number of carbonyl (C=O) groups excluding carboxylic acids is 1. The molecule has 0 fully saturated rings. The molecule has 1 unspecified atom stereocenters. The van der Waals surface area contributed by atoms with Gasteiger partial charge in [-0.15, -0.1) is 0 Å². The number of rotatable bonds is 5. The van der Waals surface area contributed by atoms with Crippen molar-refractivity contribution in [2.45, 2.75) is 19.5 Å². The lowest BCUT2D eigenvalue weighted by atomic mass is 10.2. The van der Waals surface area contributed by atoms with Crippen molar-refractivity contribution in [2.75, 3.05) is 5.32 Å². The molecular weight excluding hydrogens is 320 g/mol. The second-order valence-corrected chi connectivity index (χ2v) is 5.66. The van der Waals surface area contributed by atoms with Crippen molar-refractivity contribution in [2.24, 2.45) is 0 Å². The Balaban J connectivity index is 1.54. The molecular formula is C18H16N4O3. The first-order valence-corrected chi connectivity index (χ1v) is 7.91. The van der Waals surface area contributed by atoms with Gasteiger partial charge in [0, 0.05) is 5.39 Å². The summed E-state index contributed by atoms with van der Waals surface area (Å²) in [5.74, 6) is 1.02. The van der Waals surface area contributed by atoms with Gasteiger partial charge >= 0.3 is 0 Å². The van der Waals surface area contributed by atoms with E-state index in [2.05, 4.69) is 20.6 Å². The third-order valence-electron chi connectivity index (χ3n) is 3.92. The van der Waals surface area contributed by atoms with Crippen molar-refractivity contribution < 1.29 is 13.6 Å². The normalized spacial score (nSPS) is 12.4. The number of fused-ring (bicyclic) bond motifs is 3. The first kappa shape index (κ1) is 15.2. The van der Waals surface area contributed by atoms with E-state index in [1.54, 1.807) is 25.3 Å². The molecule has 1 aromatic carbocycles. The molecule has 0 radical (unpaired) electrons. The van der Waals surface area contributed by atoms with E-state index < -0.39 is 6.04 Å². The minimum Gasteiger partial charge on any atom is -0.467 e. The van der Waals surface area contributed by atoms with E-state index in [-0.39, 0.29) is 5.91 Å². The zero-order chi connectivity index (χ0) is 17.2. The fourth-order valence-corrected chi connectivity index (χ4v) is 2.64. The summed E-state index contributed by atoms with van der Waals surface area (Å²) in [5, 5.41) is 6.81. The number of hydrogen-bond acceptors (Lipinski definition) is 6. The van der Waals surface area contributed by atoms with Gasteiger partial charge < -0.3 is 19.5 Å². The Morgan fingerprint density at radius 2 is 2.08 bits per heavy atom. The van der Waals surface area contributed by atoms with Crippen LogP contribution < -0.4 is 10.6 Å². The van der Waals surface area contributed by atoms with Crippen LogP contribution in [0.4, 0.5) is 5.82 Å². The molecule has 0 bridgehead atoms. The topological polar surface area (TPSA) is 93.2 Å². The van der Waals surface area contributed by atoms with Crippen LogP contribution in [-0.4, -0.2) is 21.9 Å². The van der Waals surface area contributed by atoms with Crippen molar-refractivity contribution in [1.82, 2.24) is 15.3 Å². The second-order valence-electron chi connectivity index (χ2n) is 5.66. The first-order valence-electron chi connectivity index (χ1n) is 7.91. The minimum absolute atomic E-state index is 0.167. The molecule has 126 valence electrons. The fourth-order valence-electron chi connectivity index (χ4n) is 2.64. The minimum atomic E-state index is -0.499. The predicted octanol–water partition coefficient (Wildman–Crippen LogP) is 3.09. The van der Waals surface area contributed by atoms with Gasteiger partial charge in [-0.3, -0.25) is 4.79 Å². The monoisotopic (exact) mass is 336 g/mol. The SMILES string of the molecule is CC(Nc1ncnc2c1oc1ccccc12)C(=O)NCc1ccco1. The molecule has 2 N–H and O–H groups in total. The summed E-state index contributed by atoms with van der Waals surface area (Å²) >= 11 is 0. The van der Waals surface area contributed by atoms with Crippen molar-refractivity contribution in [3.8, 4) is 0 Å². The molecule has 3 heterocycles. The van der Waals surface area contributed by atoms with Gasteiger partial charge in [-0.05, 0) is 31.2 Å². The van der Waals surface area contributed by atoms with E-state index in [1.165, 1.54) is 6.33 Å². The number of hydrogen-bond donors (Lipinski definition) is 2. The van der Waals surface area contributed by atoms with Gasteiger partial charge in [0.1, 0.15) is 29.2 Å². The van der Waals surface area contributed by atoms with Gasteiger partial charge in [-0.25, -0.2) is 9.97 Å². The Kier molecular flexibility index (Phi) is 3.81. The van der Waals surface area contributed by atoms with Crippen LogP contribution in [0.25, 0.3) is 22.1 Å². The van der Waals surface area contributed by atoms with Crippen LogP contribution in [0, 0.1) is 0 Å². The van der Waals surface area contributed by atoms with Crippen LogP contribution in [0.3, 0.4) is 0 Å². The van der Waals surface area contributed by atoms with Crippen LogP contribution in [0.15, 0.2) is 57.8 Å². The molecule has 0 aliphatic heterocycles. The Bertz CT molecular complexity index is 1020. The van der Waals surface area contributed by atoms with E-state index in [0.29, 0.717) is 23.7 Å². The van der Waals surface area contributed by atoms with E-state index in [1.807, 2.05) is 24.3 Å². The number of nitrogens with one attached hydrogen (secondary N) is 2. The number of aromatic nitrogens is 2. The standard InChI is InChI=1S/C18H16N4O3/c1-11(18(23)19-9-12-5-4-8-24-12)22-17-16-15(20-10-21-17)13-6-2-3-7-14(13)25-16/h2-8,10-11H,9H2,1H3,(H,19,23)(H,20,21,22). The average Bonchev–Trinajstić information content (AvgIpc) is 3.27. The summed E-state index contributed by atoms with van der Waals surface area (Å²) in [6.45, 7) is 2.09. The van der Waals surface area contributed by atoms with Crippen molar-refractivity contribution in [3.63, 3.8) is 0 Å². The number of nitrogens with zero attached hydrogens (tertiary/aromatic N) is 2. The molecule has 1 atom stereocenters. The lowest BCUT2D eigenvalue weighted by molar-refractivity contribution is -0.121. The summed E-state index contributed by atoms with van der Waals surface area (Å²) in [6.07, 6.45) is 3.03. The lowest BCUT2D eigenvalue weighted by Crippen LogP contribution is -2.37. The zero-order valence-corrected chi connectivity index (χ0v) is 13.5. The molecule has 1 amide bonds. The van der Waals surface area contributed by atoms with E-state index >= 15 is 0 Å². The van der Waals surface area contributed by atoms with Gasteiger partial charge in [0.05, 0.1) is 12.8 Å². The fraction of sp³-hybridized carbons (Fsp3) is 0.167. The van der Waals surface area contributed by atoms with Crippen LogP contribution in [0.5, 0.6) is 0 Å². The molecule has 4 rings (SSSR count). The second kappa shape index (κ2) is 6.27. The summed E-state index contributed by atoms with van der Waals surface area (Å²) in [5.41, 5.74) is 1.99.